The number of unbranched alkanes of at least 4 members (excludes halogenated alkanes) is 11. The molecule has 0 aromatic rings. The van der Waals surface area contributed by atoms with Crippen molar-refractivity contribution in [1.82, 2.24) is 0 Å². The first kappa shape index (κ1) is 25.1. The summed E-state index contributed by atoms with van der Waals surface area (Å²) in [7, 11) is 0. The van der Waals surface area contributed by atoms with Gasteiger partial charge in [-0.1, -0.05) is 102 Å². The largest absolute Gasteiger partial charge is 0.394 e. The van der Waals surface area contributed by atoms with E-state index in [0.29, 0.717) is 6.61 Å². The SMILES string of the molecule is CCCCCCCCCCCCC/C=C/C=C/CO[C@H]1C=C[C@H](O)[C@@H](CO)O1. The summed E-state index contributed by atoms with van der Waals surface area (Å²) in [6.45, 7) is 2.49. The van der Waals surface area contributed by atoms with E-state index in [1.807, 2.05) is 12.2 Å². The van der Waals surface area contributed by atoms with Crippen LogP contribution in [0, 0.1) is 0 Å². The molecule has 1 aliphatic rings. The van der Waals surface area contributed by atoms with Crippen LogP contribution in [0.4, 0.5) is 0 Å². The van der Waals surface area contributed by atoms with Gasteiger partial charge in [-0.25, -0.2) is 0 Å². The number of aliphatic hydroxyl groups is 2. The second-order valence-electron chi connectivity index (χ2n) is 7.61. The Morgan fingerprint density at radius 2 is 1.46 bits per heavy atom. The highest BCUT2D eigenvalue weighted by Crippen LogP contribution is 2.14. The minimum absolute atomic E-state index is 0.219. The maximum Gasteiger partial charge on any atom is 0.177 e. The number of allylic oxidation sites excluding steroid dienone is 3. The molecule has 0 amide bonds. The van der Waals surface area contributed by atoms with E-state index in [4.69, 9.17) is 14.6 Å². The van der Waals surface area contributed by atoms with Gasteiger partial charge in [0.25, 0.3) is 0 Å². The van der Waals surface area contributed by atoms with E-state index in [1.54, 1.807) is 12.2 Å². The van der Waals surface area contributed by atoms with E-state index in [1.165, 1.54) is 70.6 Å². The lowest BCUT2D eigenvalue weighted by Gasteiger charge is -2.27. The van der Waals surface area contributed by atoms with Crippen molar-refractivity contribution in [3.05, 3.63) is 36.5 Å². The monoisotopic (exact) mass is 394 g/mol. The Bertz CT molecular complexity index is 430. The molecule has 2 N–H and O–H groups in total. The molecule has 162 valence electrons. The van der Waals surface area contributed by atoms with Crippen molar-refractivity contribution in [3.63, 3.8) is 0 Å². The van der Waals surface area contributed by atoms with Gasteiger partial charge < -0.3 is 19.7 Å². The number of aliphatic hydroxyl groups excluding tert-OH is 2. The molecular formula is C24H42O4. The van der Waals surface area contributed by atoms with Gasteiger partial charge in [-0.15, -0.1) is 0 Å². The molecule has 0 spiro atoms. The summed E-state index contributed by atoms with van der Waals surface area (Å²) in [5, 5.41) is 18.7. The first-order chi connectivity index (χ1) is 13.8. The summed E-state index contributed by atoms with van der Waals surface area (Å²) in [4.78, 5) is 0. The molecule has 0 aromatic carbocycles. The quantitative estimate of drug-likeness (QED) is 0.196. The van der Waals surface area contributed by atoms with Crippen molar-refractivity contribution < 1.29 is 19.7 Å². The van der Waals surface area contributed by atoms with Gasteiger partial charge in [0.15, 0.2) is 6.29 Å². The molecule has 4 heteroatoms. The number of hydrogen-bond donors (Lipinski definition) is 2. The Kier molecular flexibility index (Phi) is 16.2. The van der Waals surface area contributed by atoms with Crippen LogP contribution in [-0.4, -0.2) is 41.9 Å². The molecule has 0 radical (unpaired) electrons. The van der Waals surface area contributed by atoms with Crippen molar-refractivity contribution in [2.24, 2.45) is 0 Å². The predicted octanol–water partition coefficient (Wildman–Crippen LogP) is 5.45. The topological polar surface area (TPSA) is 58.9 Å². The molecule has 0 saturated heterocycles. The fourth-order valence-corrected chi connectivity index (χ4v) is 3.26. The normalized spacial score (nSPS) is 22.6. The van der Waals surface area contributed by atoms with Crippen LogP contribution < -0.4 is 0 Å². The Morgan fingerprint density at radius 3 is 2.11 bits per heavy atom. The smallest absolute Gasteiger partial charge is 0.177 e. The van der Waals surface area contributed by atoms with Crippen molar-refractivity contribution in [2.45, 2.75) is 102 Å². The van der Waals surface area contributed by atoms with Crippen molar-refractivity contribution >= 4 is 0 Å². The molecule has 28 heavy (non-hydrogen) atoms. The second-order valence-corrected chi connectivity index (χ2v) is 7.61. The second kappa shape index (κ2) is 18.1. The summed E-state index contributed by atoms with van der Waals surface area (Å²) in [6, 6.07) is 0. The molecule has 0 aromatic heterocycles. The first-order valence-corrected chi connectivity index (χ1v) is 11.3. The van der Waals surface area contributed by atoms with E-state index in [0.717, 1.165) is 6.42 Å². The molecule has 1 rings (SSSR count). The molecule has 4 nitrogen and oxygen atoms in total. The van der Waals surface area contributed by atoms with Crippen LogP contribution in [0.15, 0.2) is 36.5 Å². The molecule has 1 heterocycles. The third-order valence-corrected chi connectivity index (χ3v) is 5.05. The maximum atomic E-state index is 9.56. The van der Waals surface area contributed by atoms with E-state index in [2.05, 4.69) is 19.1 Å². The van der Waals surface area contributed by atoms with Crippen molar-refractivity contribution in [2.75, 3.05) is 13.2 Å². The van der Waals surface area contributed by atoms with Gasteiger partial charge in [0.1, 0.15) is 12.2 Å². The fraction of sp³-hybridized carbons (Fsp3) is 0.750. The van der Waals surface area contributed by atoms with Crippen LogP contribution in [0.5, 0.6) is 0 Å². The Labute approximate surface area is 172 Å². The van der Waals surface area contributed by atoms with Crippen LogP contribution in [0.1, 0.15) is 84.0 Å². The highest BCUT2D eigenvalue weighted by Gasteiger charge is 2.24. The molecule has 0 bridgehead atoms. The minimum atomic E-state index is -0.765. The molecule has 0 saturated carbocycles. The Balaban J connectivity index is 1.88. The van der Waals surface area contributed by atoms with Gasteiger partial charge in [0.05, 0.1) is 13.2 Å². The van der Waals surface area contributed by atoms with E-state index in [-0.39, 0.29) is 6.61 Å². The van der Waals surface area contributed by atoms with Crippen LogP contribution >= 0.6 is 0 Å². The highest BCUT2D eigenvalue weighted by atomic mass is 16.7. The van der Waals surface area contributed by atoms with Gasteiger partial charge in [-0.05, 0) is 18.9 Å². The van der Waals surface area contributed by atoms with Gasteiger partial charge in [-0.3, -0.25) is 0 Å². The van der Waals surface area contributed by atoms with Crippen LogP contribution in [0.25, 0.3) is 0 Å². The molecular weight excluding hydrogens is 352 g/mol. The molecule has 1 aliphatic heterocycles. The van der Waals surface area contributed by atoms with Gasteiger partial charge in [0.2, 0.25) is 0 Å². The summed E-state index contributed by atoms with van der Waals surface area (Å²) < 4.78 is 10.9. The molecule has 3 atom stereocenters. The minimum Gasteiger partial charge on any atom is -0.394 e. The zero-order chi connectivity index (χ0) is 20.3. The Morgan fingerprint density at radius 1 is 0.857 bits per heavy atom. The van der Waals surface area contributed by atoms with E-state index in [9.17, 15) is 5.11 Å². The maximum absolute atomic E-state index is 9.56. The Hall–Kier alpha value is -0.940. The first-order valence-electron chi connectivity index (χ1n) is 11.3. The summed E-state index contributed by atoms with van der Waals surface area (Å²) in [5.74, 6) is 0. The van der Waals surface area contributed by atoms with Gasteiger partial charge in [0, 0.05) is 0 Å². The predicted molar refractivity (Wildman–Crippen MR) is 116 cm³/mol. The lowest BCUT2D eigenvalue weighted by atomic mass is 10.1. The van der Waals surface area contributed by atoms with Crippen LogP contribution in [-0.2, 0) is 9.47 Å². The summed E-state index contributed by atoms with van der Waals surface area (Å²) in [6.07, 6.45) is 25.9. The van der Waals surface area contributed by atoms with Gasteiger partial charge >= 0.3 is 0 Å². The lowest BCUT2D eigenvalue weighted by Crippen LogP contribution is -2.38. The zero-order valence-corrected chi connectivity index (χ0v) is 17.8. The third-order valence-electron chi connectivity index (χ3n) is 5.05. The van der Waals surface area contributed by atoms with E-state index >= 15 is 0 Å². The van der Waals surface area contributed by atoms with Crippen LogP contribution in [0.3, 0.4) is 0 Å². The fourth-order valence-electron chi connectivity index (χ4n) is 3.26. The van der Waals surface area contributed by atoms with Crippen molar-refractivity contribution in [3.8, 4) is 0 Å². The zero-order valence-electron chi connectivity index (χ0n) is 17.8. The molecule has 0 unspecified atom stereocenters. The number of ether oxygens (including phenoxy) is 2. The average Bonchev–Trinajstić information content (AvgIpc) is 2.71. The lowest BCUT2D eigenvalue weighted by molar-refractivity contribution is -0.175. The average molecular weight is 395 g/mol. The molecule has 0 aliphatic carbocycles. The van der Waals surface area contributed by atoms with E-state index < -0.39 is 18.5 Å². The standard InChI is InChI=1S/C24H42O4/c1-2-3-4-5-6-7-8-9-10-11-12-13-14-15-16-17-20-27-24-19-18-22(26)23(21-25)28-24/h14-19,22-26H,2-13,20-21H2,1H3/b15-14+,17-16+/t22-,23+,24+/m0/s1. The number of rotatable bonds is 17. The summed E-state index contributed by atoms with van der Waals surface area (Å²) >= 11 is 0. The number of hydrogen-bond acceptors (Lipinski definition) is 4. The molecule has 0 fully saturated rings. The van der Waals surface area contributed by atoms with Crippen molar-refractivity contribution in [1.29, 1.82) is 0 Å². The van der Waals surface area contributed by atoms with Crippen LogP contribution in [0.2, 0.25) is 0 Å². The highest BCUT2D eigenvalue weighted by molar-refractivity contribution is 5.03. The third kappa shape index (κ3) is 13.3. The summed E-state index contributed by atoms with van der Waals surface area (Å²) in [5.41, 5.74) is 0. The van der Waals surface area contributed by atoms with Gasteiger partial charge in [-0.2, -0.15) is 0 Å².